The Kier molecular flexibility index (Phi) is 1.67. The minimum atomic E-state index is -2.96. The van der Waals surface area contributed by atoms with E-state index in [9.17, 15) is 8.78 Å². The maximum atomic E-state index is 12.6. The van der Waals surface area contributed by atoms with Gasteiger partial charge in [0.1, 0.15) is 0 Å². The minimum Gasteiger partial charge on any atom is -0.438 e. The van der Waals surface area contributed by atoms with Crippen molar-refractivity contribution in [2.75, 3.05) is 0 Å². The van der Waals surface area contributed by atoms with Crippen molar-refractivity contribution in [3.63, 3.8) is 0 Å². The van der Waals surface area contributed by atoms with Crippen LogP contribution in [0.25, 0.3) is 0 Å². The van der Waals surface area contributed by atoms with E-state index < -0.39 is 12.0 Å². The van der Waals surface area contributed by atoms with Gasteiger partial charge in [0.25, 0.3) is 0 Å². The molecule has 0 bridgehead atoms. The lowest BCUT2D eigenvalue weighted by Gasteiger charge is -2.27. The van der Waals surface area contributed by atoms with Crippen LogP contribution in [-0.2, 0) is 4.74 Å². The van der Waals surface area contributed by atoms with Crippen LogP contribution < -0.4 is 0 Å². The fraction of sp³-hybridized carbons (Fsp3) is 0.714. The maximum Gasteiger partial charge on any atom is 0.400 e. The van der Waals surface area contributed by atoms with Crippen molar-refractivity contribution in [2.45, 2.75) is 26.4 Å². The summed E-state index contributed by atoms with van der Waals surface area (Å²) < 4.78 is 29.5. The lowest BCUT2D eigenvalue weighted by molar-refractivity contribution is -0.251. The van der Waals surface area contributed by atoms with E-state index in [1.165, 1.54) is 6.92 Å². The zero-order valence-corrected chi connectivity index (χ0v) is 6.03. The number of halogens is 2. The van der Waals surface area contributed by atoms with Gasteiger partial charge in [-0.05, 0) is 19.4 Å². The van der Waals surface area contributed by atoms with Crippen LogP contribution in [0, 0.1) is 5.92 Å². The number of allylic oxidation sites excluding steroid dienone is 2. The smallest absolute Gasteiger partial charge is 0.400 e. The molecule has 0 aromatic rings. The Hall–Kier alpha value is -0.600. The molecule has 1 aliphatic heterocycles. The first-order valence-electron chi connectivity index (χ1n) is 3.26. The molecule has 10 heavy (non-hydrogen) atoms. The summed E-state index contributed by atoms with van der Waals surface area (Å²) in [6, 6.07) is 0. The average Bonchev–Trinajstić information content (AvgIpc) is 1.78. The van der Waals surface area contributed by atoms with Gasteiger partial charge in [0.2, 0.25) is 0 Å². The summed E-state index contributed by atoms with van der Waals surface area (Å²) >= 11 is 0. The van der Waals surface area contributed by atoms with Crippen LogP contribution >= 0.6 is 0 Å². The normalized spacial score (nSPS) is 30.8. The molecule has 0 spiro atoms. The highest BCUT2D eigenvalue weighted by Gasteiger charge is 2.40. The van der Waals surface area contributed by atoms with Gasteiger partial charge in [-0.25, -0.2) is 0 Å². The summed E-state index contributed by atoms with van der Waals surface area (Å²) in [5, 5.41) is 0. The van der Waals surface area contributed by atoms with E-state index in [0.29, 0.717) is 12.2 Å². The molecule has 1 unspecified atom stereocenters. The van der Waals surface area contributed by atoms with Gasteiger partial charge in [0, 0.05) is 0 Å². The summed E-state index contributed by atoms with van der Waals surface area (Å²) in [6.45, 7) is 3.02. The Labute approximate surface area is 58.7 Å². The molecule has 0 N–H and O–H groups in total. The van der Waals surface area contributed by atoms with E-state index in [4.69, 9.17) is 0 Å². The number of alkyl halides is 2. The molecule has 3 heteroatoms. The summed E-state index contributed by atoms with van der Waals surface area (Å²) in [5.41, 5.74) is 0. The molecule has 0 radical (unpaired) electrons. The molecule has 1 atom stereocenters. The number of hydrogen-bond acceptors (Lipinski definition) is 1. The van der Waals surface area contributed by atoms with Gasteiger partial charge >= 0.3 is 6.11 Å². The van der Waals surface area contributed by atoms with Gasteiger partial charge in [-0.3, -0.25) is 0 Å². The fourth-order valence-electron chi connectivity index (χ4n) is 0.837. The van der Waals surface area contributed by atoms with E-state index in [0.717, 1.165) is 0 Å². The van der Waals surface area contributed by atoms with Crippen molar-refractivity contribution < 1.29 is 13.5 Å². The van der Waals surface area contributed by atoms with E-state index in [1.54, 1.807) is 13.0 Å². The van der Waals surface area contributed by atoms with Crippen LogP contribution in [0.15, 0.2) is 11.8 Å². The molecule has 0 aromatic heterocycles. The van der Waals surface area contributed by atoms with E-state index in [-0.39, 0.29) is 0 Å². The second-order valence-electron chi connectivity index (χ2n) is 2.62. The molecule has 0 fully saturated rings. The largest absolute Gasteiger partial charge is 0.438 e. The Morgan fingerprint density at radius 1 is 1.70 bits per heavy atom. The molecule has 58 valence electrons. The molecule has 1 aliphatic rings. The average molecular weight is 148 g/mol. The molecular weight excluding hydrogens is 138 g/mol. The number of ether oxygens (including phenoxy) is 1. The highest BCUT2D eigenvalue weighted by molar-refractivity contribution is 4.96. The zero-order valence-electron chi connectivity index (χ0n) is 6.03. The quantitative estimate of drug-likeness (QED) is 0.513. The Morgan fingerprint density at radius 3 is 2.70 bits per heavy atom. The molecule has 1 heterocycles. The van der Waals surface area contributed by atoms with Crippen LogP contribution in [0.2, 0.25) is 0 Å². The van der Waals surface area contributed by atoms with Crippen LogP contribution in [0.4, 0.5) is 8.78 Å². The molecule has 0 saturated heterocycles. The minimum absolute atomic E-state index is 0.322. The van der Waals surface area contributed by atoms with Crippen molar-refractivity contribution in [3.8, 4) is 0 Å². The zero-order chi connectivity index (χ0) is 7.78. The van der Waals surface area contributed by atoms with Gasteiger partial charge in [0.15, 0.2) is 0 Å². The molecule has 1 rings (SSSR count). The van der Waals surface area contributed by atoms with Crippen molar-refractivity contribution in [1.82, 2.24) is 0 Å². The van der Waals surface area contributed by atoms with Gasteiger partial charge in [0.05, 0.1) is 11.7 Å². The fourth-order valence-corrected chi connectivity index (χ4v) is 0.837. The third kappa shape index (κ3) is 1.28. The van der Waals surface area contributed by atoms with Crippen LogP contribution in [-0.4, -0.2) is 6.11 Å². The SMILES string of the molecule is CC1=CCC(C)C(F)(F)O1. The first-order valence-corrected chi connectivity index (χ1v) is 3.26. The second-order valence-corrected chi connectivity index (χ2v) is 2.62. The lowest BCUT2D eigenvalue weighted by Crippen LogP contribution is -2.31. The topological polar surface area (TPSA) is 9.23 Å². The summed E-state index contributed by atoms with van der Waals surface area (Å²) in [6.07, 6.45) is -0.875. The first kappa shape index (κ1) is 7.51. The highest BCUT2D eigenvalue weighted by Crippen LogP contribution is 2.34. The van der Waals surface area contributed by atoms with Crippen LogP contribution in [0.5, 0.6) is 0 Å². The monoisotopic (exact) mass is 148 g/mol. The predicted octanol–water partition coefficient (Wildman–Crippen LogP) is 2.54. The standard InChI is InChI=1S/C7H10F2O/c1-5-3-4-6(2)10-7(5,8)9/h4-5H,3H2,1-2H3. The number of rotatable bonds is 0. The molecule has 0 aliphatic carbocycles. The highest BCUT2D eigenvalue weighted by atomic mass is 19.3. The van der Waals surface area contributed by atoms with Crippen molar-refractivity contribution in [2.24, 2.45) is 5.92 Å². The van der Waals surface area contributed by atoms with Crippen molar-refractivity contribution >= 4 is 0 Å². The van der Waals surface area contributed by atoms with Crippen LogP contribution in [0.3, 0.4) is 0 Å². The molecular formula is C7H10F2O. The summed E-state index contributed by atoms with van der Waals surface area (Å²) in [7, 11) is 0. The first-order chi connectivity index (χ1) is 4.52. The Bertz CT molecular complexity index is 163. The second kappa shape index (κ2) is 2.22. The molecule has 1 nitrogen and oxygen atoms in total. The third-order valence-corrected chi connectivity index (χ3v) is 1.63. The Morgan fingerprint density at radius 2 is 2.30 bits per heavy atom. The van der Waals surface area contributed by atoms with Gasteiger partial charge in [-0.15, -0.1) is 0 Å². The van der Waals surface area contributed by atoms with E-state index in [1.807, 2.05) is 0 Å². The van der Waals surface area contributed by atoms with Crippen molar-refractivity contribution in [1.29, 1.82) is 0 Å². The molecule has 0 saturated carbocycles. The molecule has 0 aromatic carbocycles. The van der Waals surface area contributed by atoms with Crippen LogP contribution in [0.1, 0.15) is 20.3 Å². The maximum absolute atomic E-state index is 12.6. The summed E-state index contributed by atoms with van der Waals surface area (Å²) in [4.78, 5) is 0. The van der Waals surface area contributed by atoms with E-state index >= 15 is 0 Å². The van der Waals surface area contributed by atoms with Crippen molar-refractivity contribution in [3.05, 3.63) is 11.8 Å². The molecule has 0 amide bonds. The summed E-state index contributed by atoms with van der Waals surface area (Å²) in [5.74, 6) is -0.376. The predicted molar refractivity (Wildman–Crippen MR) is 33.6 cm³/mol. The number of hydrogen-bond donors (Lipinski definition) is 0. The van der Waals surface area contributed by atoms with Gasteiger partial charge < -0.3 is 4.74 Å². The van der Waals surface area contributed by atoms with Gasteiger partial charge in [-0.2, -0.15) is 8.78 Å². The van der Waals surface area contributed by atoms with E-state index in [2.05, 4.69) is 4.74 Å². The lowest BCUT2D eigenvalue weighted by atomic mass is 10.0. The van der Waals surface area contributed by atoms with Gasteiger partial charge in [-0.1, -0.05) is 6.92 Å². The Balaban J connectivity index is 2.72. The third-order valence-electron chi connectivity index (χ3n) is 1.63.